The fraction of sp³-hybridized carbons (Fsp3) is 0.476. The van der Waals surface area contributed by atoms with Crippen LogP contribution in [0.3, 0.4) is 0 Å². The van der Waals surface area contributed by atoms with Crippen LogP contribution in [-0.2, 0) is 30.4 Å². The molecule has 4 unspecified atom stereocenters. The van der Waals surface area contributed by atoms with Gasteiger partial charge in [-0.15, -0.1) is 0 Å². The Kier molecular flexibility index (Phi) is 11.0. The molecule has 0 aliphatic carbocycles. The van der Waals surface area contributed by atoms with Crippen LogP contribution >= 0.6 is 0 Å². The van der Waals surface area contributed by atoms with Gasteiger partial charge < -0.3 is 37.0 Å². The van der Waals surface area contributed by atoms with Crippen LogP contribution in [0.4, 0.5) is 0 Å². The van der Waals surface area contributed by atoms with Crippen molar-refractivity contribution in [1.82, 2.24) is 16.0 Å². The molecule has 0 spiro atoms. The van der Waals surface area contributed by atoms with Crippen LogP contribution in [0.2, 0.25) is 0 Å². The standard InChI is InChI=1S/C21H30N4O8/c1-11(2)17(22)20(31)25-15(10-26)19(30)23-13(9-16(27)28)18(29)24-14(21(32)33)8-12-6-4-3-5-7-12/h3-7,11,13-15,17,26H,8-10,22H2,1-2H3,(H,23,30)(H,24,29)(H,25,31)(H,27,28)(H,32,33). The van der Waals surface area contributed by atoms with Crippen molar-refractivity contribution in [2.45, 2.75) is 50.9 Å². The molecule has 182 valence electrons. The highest BCUT2D eigenvalue weighted by atomic mass is 16.4. The molecule has 1 aromatic rings. The molecule has 3 amide bonds. The fourth-order valence-electron chi connectivity index (χ4n) is 2.74. The van der Waals surface area contributed by atoms with Crippen LogP contribution in [0.15, 0.2) is 30.3 Å². The van der Waals surface area contributed by atoms with Crippen molar-refractivity contribution < 1.29 is 39.3 Å². The Morgan fingerprint density at radius 1 is 0.848 bits per heavy atom. The molecule has 0 saturated heterocycles. The lowest BCUT2D eigenvalue weighted by molar-refractivity contribution is -0.143. The van der Waals surface area contributed by atoms with E-state index in [9.17, 15) is 34.2 Å². The third-order valence-corrected chi connectivity index (χ3v) is 4.75. The number of rotatable bonds is 13. The first-order valence-electron chi connectivity index (χ1n) is 10.2. The highest BCUT2D eigenvalue weighted by Crippen LogP contribution is 2.05. The van der Waals surface area contributed by atoms with Crippen LogP contribution in [-0.4, -0.2) is 75.8 Å². The Labute approximate surface area is 190 Å². The molecule has 4 atom stereocenters. The van der Waals surface area contributed by atoms with Gasteiger partial charge in [0.05, 0.1) is 19.1 Å². The Morgan fingerprint density at radius 3 is 1.85 bits per heavy atom. The average molecular weight is 466 g/mol. The van der Waals surface area contributed by atoms with E-state index in [-0.39, 0.29) is 12.3 Å². The minimum atomic E-state index is -1.66. The van der Waals surface area contributed by atoms with Gasteiger partial charge in [0.1, 0.15) is 18.1 Å². The maximum absolute atomic E-state index is 12.6. The number of carboxylic acid groups (broad SMARTS) is 2. The van der Waals surface area contributed by atoms with Crippen LogP contribution < -0.4 is 21.7 Å². The monoisotopic (exact) mass is 466 g/mol. The van der Waals surface area contributed by atoms with Gasteiger partial charge in [0, 0.05) is 6.42 Å². The number of nitrogens with one attached hydrogen (secondary N) is 3. The smallest absolute Gasteiger partial charge is 0.326 e. The van der Waals surface area contributed by atoms with E-state index < -0.39 is 66.9 Å². The highest BCUT2D eigenvalue weighted by molar-refractivity contribution is 5.95. The van der Waals surface area contributed by atoms with E-state index >= 15 is 0 Å². The first kappa shape index (κ1) is 27.5. The number of aliphatic hydroxyl groups is 1. The molecule has 0 heterocycles. The summed E-state index contributed by atoms with van der Waals surface area (Å²) in [6, 6.07) is 2.95. The molecule has 0 saturated carbocycles. The SMILES string of the molecule is CC(C)C(N)C(=O)NC(CO)C(=O)NC(CC(=O)O)C(=O)NC(Cc1ccccc1)C(=O)O. The van der Waals surface area contributed by atoms with Gasteiger partial charge in [-0.25, -0.2) is 4.79 Å². The predicted molar refractivity (Wildman–Crippen MR) is 116 cm³/mol. The summed E-state index contributed by atoms with van der Waals surface area (Å²) in [6.07, 6.45) is -0.926. The maximum atomic E-state index is 12.6. The van der Waals surface area contributed by atoms with Crippen molar-refractivity contribution in [3.8, 4) is 0 Å². The van der Waals surface area contributed by atoms with Gasteiger partial charge in [0.25, 0.3) is 0 Å². The maximum Gasteiger partial charge on any atom is 0.326 e. The van der Waals surface area contributed by atoms with Gasteiger partial charge in [0.2, 0.25) is 17.7 Å². The fourth-order valence-corrected chi connectivity index (χ4v) is 2.74. The lowest BCUT2D eigenvalue weighted by Gasteiger charge is -2.24. The zero-order chi connectivity index (χ0) is 25.1. The van der Waals surface area contributed by atoms with Crippen LogP contribution in [0, 0.1) is 5.92 Å². The summed E-state index contributed by atoms with van der Waals surface area (Å²) in [7, 11) is 0. The Bertz CT molecular complexity index is 846. The summed E-state index contributed by atoms with van der Waals surface area (Å²) >= 11 is 0. The van der Waals surface area contributed by atoms with E-state index in [1.165, 1.54) is 0 Å². The largest absolute Gasteiger partial charge is 0.481 e. The number of aliphatic hydroxyl groups excluding tert-OH is 1. The van der Waals surface area contributed by atoms with Gasteiger partial charge >= 0.3 is 11.9 Å². The molecular formula is C21H30N4O8. The Morgan fingerprint density at radius 2 is 1.36 bits per heavy atom. The summed E-state index contributed by atoms with van der Waals surface area (Å²) in [5.74, 6) is -5.83. The molecule has 0 bridgehead atoms. The highest BCUT2D eigenvalue weighted by Gasteiger charge is 2.31. The number of hydrogen-bond acceptors (Lipinski definition) is 7. The van der Waals surface area contributed by atoms with Crippen molar-refractivity contribution in [3.63, 3.8) is 0 Å². The number of carbonyl (C=O) groups is 5. The summed E-state index contributed by atoms with van der Waals surface area (Å²) in [4.78, 5) is 60.0. The minimum Gasteiger partial charge on any atom is -0.481 e. The number of nitrogens with two attached hydrogens (primary N) is 1. The van der Waals surface area contributed by atoms with E-state index in [2.05, 4.69) is 16.0 Å². The summed E-state index contributed by atoms with van der Waals surface area (Å²) < 4.78 is 0. The summed E-state index contributed by atoms with van der Waals surface area (Å²) in [5, 5.41) is 34.6. The van der Waals surface area contributed by atoms with Crippen LogP contribution in [0.5, 0.6) is 0 Å². The van der Waals surface area contributed by atoms with Crippen molar-refractivity contribution in [2.75, 3.05) is 6.61 Å². The normalized spacial score (nSPS) is 14.5. The molecule has 12 nitrogen and oxygen atoms in total. The quantitative estimate of drug-likeness (QED) is 0.175. The van der Waals surface area contributed by atoms with Crippen LogP contribution in [0.1, 0.15) is 25.8 Å². The third kappa shape index (κ3) is 9.25. The molecule has 1 rings (SSSR count). The predicted octanol–water partition coefficient (Wildman–Crippen LogP) is -1.78. The topological polar surface area (TPSA) is 208 Å². The first-order valence-corrected chi connectivity index (χ1v) is 10.2. The van der Waals surface area contributed by atoms with Gasteiger partial charge in [-0.05, 0) is 11.5 Å². The number of amides is 3. The lowest BCUT2D eigenvalue weighted by Crippen LogP contribution is -2.59. The lowest BCUT2D eigenvalue weighted by atomic mass is 10.0. The number of carbonyl (C=O) groups excluding carboxylic acids is 3. The van der Waals surface area contributed by atoms with Gasteiger partial charge in [-0.3, -0.25) is 19.2 Å². The zero-order valence-corrected chi connectivity index (χ0v) is 18.4. The Balaban J connectivity index is 2.92. The second-order valence-corrected chi connectivity index (χ2v) is 7.76. The van der Waals surface area contributed by atoms with E-state index in [0.29, 0.717) is 5.56 Å². The van der Waals surface area contributed by atoms with Gasteiger partial charge in [0.15, 0.2) is 0 Å². The summed E-state index contributed by atoms with van der Waals surface area (Å²) in [6.45, 7) is 2.52. The van der Waals surface area contributed by atoms with Gasteiger partial charge in [-0.1, -0.05) is 44.2 Å². The van der Waals surface area contributed by atoms with Crippen LogP contribution in [0.25, 0.3) is 0 Å². The van der Waals surface area contributed by atoms with Gasteiger partial charge in [-0.2, -0.15) is 0 Å². The zero-order valence-electron chi connectivity index (χ0n) is 18.4. The van der Waals surface area contributed by atoms with Crippen molar-refractivity contribution in [3.05, 3.63) is 35.9 Å². The first-order chi connectivity index (χ1) is 15.5. The molecule has 8 N–H and O–H groups in total. The Hall–Kier alpha value is -3.51. The van der Waals surface area contributed by atoms with E-state index in [0.717, 1.165) is 0 Å². The number of hydrogen-bond donors (Lipinski definition) is 7. The number of carboxylic acids is 2. The van der Waals surface area contributed by atoms with Crippen molar-refractivity contribution in [2.24, 2.45) is 11.7 Å². The molecule has 0 fully saturated rings. The molecule has 1 aromatic carbocycles. The van der Waals surface area contributed by atoms with E-state index in [1.807, 2.05) is 0 Å². The van der Waals surface area contributed by atoms with Crippen molar-refractivity contribution >= 4 is 29.7 Å². The molecule has 0 aromatic heterocycles. The van der Waals surface area contributed by atoms with E-state index in [4.69, 9.17) is 10.8 Å². The summed E-state index contributed by atoms with van der Waals surface area (Å²) in [5.41, 5.74) is 6.32. The second-order valence-electron chi connectivity index (χ2n) is 7.76. The minimum absolute atomic E-state index is 0.0714. The molecule has 0 aliphatic rings. The number of benzene rings is 1. The molecule has 12 heteroatoms. The third-order valence-electron chi connectivity index (χ3n) is 4.75. The molecule has 0 radical (unpaired) electrons. The van der Waals surface area contributed by atoms with E-state index in [1.54, 1.807) is 44.2 Å². The second kappa shape index (κ2) is 13.1. The number of aliphatic carboxylic acids is 2. The molecule has 0 aliphatic heterocycles. The molecular weight excluding hydrogens is 436 g/mol. The average Bonchev–Trinajstić information content (AvgIpc) is 2.75. The molecule has 33 heavy (non-hydrogen) atoms. The van der Waals surface area contributed by atoms with Crippen molar-refractivity contribution in [1.29, 1.82) is 0 Å².